The van der Waals surface area contributed by atoms with Crippen LogP contribution in [0.1, 0.15) is 22.4 Å². The van der Waals surface area contributed by atoms with E-state index >= 15 is 0 Å². The van der Waals surface area contributed by atoms with Crippen molar-refractivity contribution in [2.45, 2.75) is 12.2 Å². The highest BCUT2D eigenvalue weighted by Gasteiger charge is 2.28. The molecule has 0 spiro atoms. The van der Waals surface area contributed by atoms with Crippen molar-refractivity contribution < 1.29 is 47.9 Å². The van der Waals surface area contributed by atoms with Crippen LogP contribution in [0.25, 0.3) is 0 Å². The lowest BCUT2D eigenvalue weighted by molar-refractivity contribution is -0.437. The molecule has 11 heteroatoms. The molecule has 0 radical (unpaired) electrons. The van der Waals surface area contributed by atoms with Crippen molar-refractivity contribution in [2.24, 2.45) is 0 Å². The van der Waals surface area contributed by atoms with Crippen LogP contribution in [-0.2, 0) is 9.53 Å². The number of methoxy groups -OCH3 is 1. The number of aliphatic carboxylic acids is 1. The smallest absolute Gasteiger partial charge is 0.430 e. The van der Waals surface area contributed by atoms with Gasteiger partial charge in [-0.05, 0) is 0 Å². The maximum absolute atomic E-state index is 10.9. The normalized spacial score (nSPS) is 12.1. The highest BCUT2D eigenvalue weighted by Crippen LogP contribution is 2.11. The van der Waals surface area contributed by atoms with Crippen molar-refractivity contribution >= 4 is 11.9 Å². The predicted octanol–water partition coefficient (Wildman–Crippen LogP) is -1.96. The van der Waals surface area contributed by atoms with Crippen LogP contribution in [0.3, 0.4) is 0 Å². The van der Waals surface area contributed by atoms with Crippen molar-refractivity contribution in [2.75, 3.05) is 13.7 Å². The number of oxazole rings is 1. The molecule has 0 aliphatic heterocycles. The highest BCUT2D eigenvalue weighted by molar-refractivity contribution is 5.86. The fourth-order valence-corrected chi connectivity index (χ4v) is 0.752. The van der Waals surface area contributed by atoms with Crippen LogP contribution >= 0.6 is 0 Å². The molecular weight excluding hydrogens is 289 g/mol. The van der Waals surface area contributed by atoms with E-state index in [1.165, 1.54) is 13.4 Å². The lowest BCUT2D eigenvalue weighted by Crippen LogP contribution is -2.55. The largest absolute Gasteiger partial charge is 0.542 e. The summed E-state index contributed by atoms with van der Waals surface area (Å²) in [5.74, 6) is -3.35. The summed E-state index contributed by atoms with van der Waals surface area (Å²) in [4.78, 5) is 23.5. The molecule has 0 aliphatic rings. The van der Waals surface area contributed by atoms with Crippen molar-refractivity contribution in [1.82, 2.24) is 4.98 Å². The molecule has 0 bridgehead atoms. The zero-order valence-electron chi connectivity index (χ0n) is 10.1. The molecule has 0 saturated carbocycles. The van der Waals surface area contributed by atoms with Gasteiger partial charge in [0, 0.05) is 0 Å². The maximum atomic E-state index is 10.9. The summed E-state index contributed by atoms with van der Waals surface area (Å²) in [5.41, 5.74) is 3.65. The number of hydrogen-bond donors (Lipinski definition) is 2. The summed E-state index contributed by atoms with van der Waals surface area (Å²) in [6, 6.07) is -0.460. The number of rotatable bonds is 3. The number of carbonyl (C=O) groups is 2. The monoisotopic (exact) mass is 300 g/mol. The molecule has 0 saturated heterocycles. The predicted molar refractivity (Wildman–Crippen MR) is 51.6 cm³/mol. The standard InChI is InChI=1S/C7H10N2O4.C2HF3O2/c1-12-7(11)5-3-13-6(9-5)4(8)2-10;3-2(4,5)1(6)7/h3-4,10H,2,8H2,1H3;(H,6,7)/t4-;/m0./s1. The molecule has 0 amide bonds. The van der Waals surface area contributed by atoms with Crippen molar-refractivity contribution in [3.63, 3.8) is 0 Å². The van der Waals surface area contributed by atoms with Crippen LogP contribution in [0.15, 0.2) is 10.7 Å². The van der Waals surface area contributed by atoms with E-state index in [-0.39, 0.29) is 18.2 Å². The number of carboxylic acids is 1. The molecule has 1 aromatic heterocycles. The zero-order valence-corrected chi connectivity index (χ0v) is 10.1. The van der Waals surface area contributed by atoms with Crippen LogP contribution in [0.5, 0.6) is 0 Å². The van der Waals surface area contributed by atoms with E-state index in [1.54, 1.807) is 0 Å². The first-order valence-corrected chi connectivity index (χ1v) is 4.89. The molecule has 1 aromatic rings. The Kier molecular flexibility index (Phi) is 6.65. The first-order valence-electron chi connectivity index (χ1n) is 4.89. The Morgan fingerprint density at radius 2 is 2.10 bits per heavy atom. The van der Waals surface area contributed by atoms with Crippen LogP contribution < -0.4 is 10.8 Å². The second-order valence-corrected chi connectivity index (χ2v) is 3.23. The average molecular weight is 300 g/mol. The van der Waals surface area contributed by atoms with E-state index in [4.69, 9.17) is 19.4 Å². The van der Waals surface area contributed by atoms with Gasteiger partial charge in [-0.25, -0.2) is 9.78 Å². The maximum Gasteiger partial charge on any atom is 0.430 e. The molecule has 4 N–H and O–H groups in total. The first-order chi connectivity index (χ1) is 9.13. The number of aliphatic hydroxyl groups excluding tert-OH is 1. The van der Waals surface area contributed by atoms with Crippen molar-refractivity contribution in [3.8, 4) is 0 Å². The number of aromatic nitrogens is 1. The van der Waals surface area contributed by atoms with Gasteiger partial charge in [0.15, 0.2) is 11.7 Å². The van der Waals surface area contributed by atoms with E-state index in [9.17, 15) is 18.0 Å². The third-order valence-corrected chi connectivity index (χ3v) is 1.72. The molecule has 114 valence electrons. The molecule has 0 aromatic carbocycles. The molecular formula is C9H11F3N2O6. The Labute approximate surface area is 110 Å². The Morgan fingerprint density at radius 3 is 2.45 bits per heavy atom. The number of quaternary nitrogens is 1. The van der Waals surface area contributed by atoms with Crippen molar-refractivity contribution in [1.29, 1.82) is 0 Å². The fourth-order valence-electron chi connectivity index (χ4n) is 0.752. The number of halogens is 3. The fraction of sp³-hybridized carbons (Fsp3) is 0.444. The van der Waals surface area contributed by atoms with Gasteiger partial charge in [-0.2, -0.15) is 13.2 Å². The highest BCUT2D eigenvalue weighted by atomic mass is 19.4. The lowest BCUT2D eigenvalue weighted by atomic mass is 10.3. The zero-order chi connectivity index (χ0) is 15.9. The summed E-state index contributed by atoms with van der Waals surface area (Å²) in [6.45, 7) is -0.179. The van der Waals surface area contributed by atoms with Gasteiger partial charge < -0.3 is 29.9 Å². The van der Waals surface area contributed by atoms with E-state index in [2.05, 4.69) is 15.5 Å². The summed E-state index contributed by atoms with van der Waals surface area (Å²) in [6.07, 6.45) is -4.02. The average Bonchev–Trinajstić information content (AvgIpc) is 2.86. The van der Waals surface area contributed by atoms with Gasteiger partial charge >= 0.3 is 12.1 Å². The van der Waals surface area contributed by atoms with Gasteiger partial charge in [-0.15, -0.1) is 0 Å². The number of hydrogen-bond acceptors (Lipinski definition) is 7. The Morgan fingerprint density at radius 1 is 1.60 bits per heavy atom. The van der Waals surface area contributed by atoms with Crippen LogP contribution in [0, 0.1) is 0 Å². The minimum absolute atomic E-state index is 0.0830. The molecule has 1 atom stereocenters. The van der Waals surface area contributed by atoms with E-state index in [0.717, 1.165) is 0 Å². The molecule has 1 rings (SSSR count). The van der Waals surface area contributed by atoms with Gasteiger partial charge in [-0.1, -0.05) is 0 Å². The van der Waals surface area contributed by atoms with Crippen molar-refractivity contribution in [3.05, 3.63) is 17.8 Å². The summed E-state index contributed by atoms with van der Waals surface area (Å²) in [7, 11) is 1.25. The number of carboxylic acid groups (broad SMARTS) is 1. The third kappa shape index (κ3) is 5.67. The lowest BCUT2D eigenvalue weighted by Gasteiger charge is -2.03. The summed E-state index contributed by atoms with van der Waals surface area (Å²) >= 11 is 0. The second-order valence-electron chi connectivity index (χ2n) is 3.23. The van der Waals surface area contributed by atoms with E-state index < -0.39 is 24.2 Å². The van der Waals surface area contributed by atoms with Gasteiger partial charge in [0.2, 0.25) is 0 Å². The van der Waals surface area contributed by atoms with E-state index in [0.29, 0.717) is 0 Å². The molecule has 0 fully saturated rings. The Hall–Kier alpha value is -2.14. The first kappa shape index (κ1) is 17.9. The summed E-state index contributed by atoms with van der Waals surface area (Å²) in [5, 5.41) is 17.5. The number of esters is 1. The molecule has 0 aliphatic carbocycles. The topological polar surface area (TPSA) is 140 Å². The van der Waals surface area contributed by atoms with Gasteiger partial charge in [-0.3, -0.25) is 0 Å². The molecule has 0 unspecified atom stereocenters. The second kappa shape index (κ2) is 7.45. The Balaban J connectivity index is 0.000000441. The van der Waals surface area contributed by atoms with Crippen LogP contribution in [0.2, 0.25) is 0 Å². The molecule has 8 nitrogen and oxygen atoms in total. The number of carbonyl (C=O) groups excluding carboxylic acids is 2. The molecule has 1 heterocycles. The van der Waals surface area contributed by atoms with Gasteiger partial charge in [0.1, 0.15) is 18.8 Å². The number of alkyl halides is 3. The molecule has 20 heavy (non-hydrogen) atoms. The van der Waals surface area contributed by atoms with Crippen LogP contribution in [-0.4, -0.2) is 41.9 Å². The quantitative estimate of drug-likeness (QED) is 0.617. The minimum Gasteiger partial charge on any atom is -0.542 e. The summed E-state index contributed by atoms with van der Waals surface area (Å²) < 4.78 is 40.9. The van der Waals surface area contributed by atoms with Gasteiger partial charge in [0.05, 0.1) is 7.11 Å². The number of aliphatic hydroxyl groups is 1. The minimum atomic E-state index is -5.19. The van der Waals surface area contributed by atoms with E-state index in [1.807, 2.05) is 0 Å². The van der Waals surface area contributed by atoms with Crippen LogP contribution in [0.4, 0.5) is 13.2 Å². The third-order valence-electron chi connectivity index (χ3n) is 1.72. The van der Waals surface area contributed by atoms with Gasteiger partial charge in [0.25, 0.3) is 5.89 Å². The number of ether oxygens (including phenoxy) is 1. The SMILES string of the molecule is COC(=O)c1coc([C@@H]([NH3+])CO)n1.O=C([O-])C(F)(F)F. The number of nitrogens with zero attached hydrogens (tertiary/aromatic N) is 1. The Bertz CT molecular complexity index is 459.